The van der Waals surface area contributed by atoms with Gasteiger partial charge in [0.05, 0.1) is 22.8 Å². The highest BCUT2D eigenvalue weighted by Crippen LogP contribution is 2.34. The molecule has 0 radical (unpaired) electrons. The van der Waals surface area contributed by atoms with Gasteiger partial charge in [0.2, 0.25) is 0 Å². The van der Waals surface area contributed by atoms with Crippen molar-refractivity contribution in [3.63, 3.8) is 0 Å². The van der Waals surface area contributed by atoms with E-state index in [1.807, 2.05) is 72.6 Å². The highest BCUT2D eigenvalue weighted by molar-refractivity contribution is 7.07. The maximum atomic E-state index is 13.4. The van der Waals surface area contributed by atoms with Gasteiger partial charge in [-0.15, -0.1) is 11.3 Å². The number of thiazole rings is 1. The van der Waals surface area contributed by atoms with Crippen molar-refractivity contribution >= 4 is 28.6 Å². The van der Waals surface area contributed by atoms with Crippen LogP contribution in [-0.4, -0.2) is 26.4 Å². The minimum Gasteiger partial charge on any atom is -0.482 e. The van der Waals surface area contributed by atoms with E-state index in [1.54, 1.807) is 4.68 Å². The van der Waals surface area contributed by atoms with Crippen LogP contribution < -0.4 is 20.4 Å². The number of nitrogens with one attached hydrogen (secondary N) is 1. The lowest BCUT2D eigenvalue weighted by molar-refractivity contribution is -0.118. The molecule has 1 aliphatic rings. The lowest BCUT2D eigenvalue weighted by Crippen LogP contribution is -2.25. The van der Waals surface area contributed by atoms with E-state index in [0.717, 1.165) is 33.9 Å². The molecule has 0 unspecified atom stereocenters. The molecule has 2 aromatic carbocycles. The van der Waals surface area contributed by atoms with Gasteiger partial charge in [0.1, 0.15) is 5.75 Å². The minimum absolute atomic E-state index is 0.0254. The van der Waals surface area contributed by atoms with Crippen molar-refractivity contribution in [2.75, 3.05) is 11.9 Å². The number of rotatable bonds is 5. The summed E-state index contributed by atoms with van der Waals surface area (Å²) in [6.07, 6.45) is 0.893. The third kappa shape index (κ3) is 4.01. The third-order valence-electron chi connectivity index (χ3n) is 6.41. The number of carbonyl (C=O) groups excluding carboxylic acids is 1. The quantitative estimate of drug-likeness (QED) is 0.447. The van der Waals surface area contributed by atoms with Gasteiger partial charge in [-0.05, 0) is 50.6 Å². The first-order valence-electron chi connectivity index (χ1n) is 11.5. The zero-order valence-electron chi connectivity index (χ0n) is 20.1. The zero-order chi connectivity index (χ0) is 24.7. The Morgan fingerprint density at radius 2 is 1.94 bits per heavy atom. The standard InChI is InChI=1S/C26H27N5O3S/c1-5-16(2)30-21(18-11-12-22-20(13-18)27-23(32)14-34-22)15-35-26(30)28-24-17(3)29(4)31(25(24)33)19-9-7-6-8-10-19/h6-13,15-16H,5,14H2,1-4H3,(H,27,32)/t16-/m1/s1. The van der Waals surface area contributed by atoms with Gasteiger partial charge in [-0.2, -0.15) is 0 Å². The van der Waals surface area contributed by atoms with Crippen LogP contribution >= 0.6 is 11.3 Å². The van der Waals surface area contributed by atoms with Gasteiger partial charge in [0.15, 0.2) is 17.1 Å². The predicted molar refractivity (Wildman–Crippen MR) is 138 cm³/mol. The summed E-state index contributed by atoms with van der Waals surface area (Å²) < 4.78 is 11.2. The Hall–Kier alpha value is -3.85. The van der Waals surface area contributed by atoms with Crippen molar-refractivity contribution in [3.05, 3.63) is 74.8 Å². The summed E-state index contributed by atoms with van der Waals surface area (Å²) in [7, 11) is 1.87. The van der Waals surface area contributed by atoms with Gasteiger partial charge >= 0.3 is 0 Å². The molecule has 1 N–H and O–H groups in total. The lowest BCUT2D eigenvalue weighted by Gasteiger charge is -2.20. The molecule has 0 bridgehead atoms. The largest absolute Gasteiger partial charge is 0.482 e. The second kappa shape index (κ2) is 9.07. The van der Waals surface area contributed by atoms with Crippen molar-refractivity contribution < 1.29 is 9.53 Å². The fourth-order valence-electron chi connectivity index (χ4n) is 4.24. The molecule has 0 saturated carbocycles. The first-order chi connectivity index (χ1) is 16.9. The molecule has 180 valence electrons. The van der Waals surface area contributed by atoms with Crippen LogP contribution in [0.3, 0.4) is 0 Å². The predicted octanol–water partition coefficient (Wildman–Crippen LogP) is 4.55. The van der Waals surface area contributed by atoms with E-state index < -0.39 is 0 Å². The number of carbonyl (C=O) groups is 1. The third-order valence-corrected chi connectivity index (χ3v) is 7.25. The van der Waals surface area contributed by atoms with Crippen LogP contribution in [0.1, 0.15) is 32.0 Å². The summed E-state index contributed by atoms with van der Waals surface area (Å²) >= 11 is 1.50. The molecule has 3 heterocycles. The fourth-order valence-corrected chi connectivity index (χ4v) is 5.24. The second-order valence-electron chi connectivity index (χ2n) is 8.60. The van der Waals surface area contributed by atoms with Crippen molar-refractivity contribution in [1.82, 2.24) is 13.9 Å². The molecule has 0 saturated heterocycles. The number of benzene rings is 2. The van der Waals surface area contributed by atoms with Gasteiger partial charge in [-0.1, -0.05) is 25.1 Å². The summed E-state index contributed by atoms with van der Waals surface area (Å²) in [5.74, 6) is 0.490. The van der Waals surface area contributed by atoms with Gasteiger partial charge in [0.25, 0.3) is 11.5 Å². The number of para-hydroxylation sites is 1. The van der Waals surface area contributed by atoms with E-state index >= 15 is 0 Å². The zero-order valence-corrected chi connectivity index (χ0v) is 20.9. The molecule has 0 aliphatic carbocycles. The Balaban J connectivity index is 1.67. The molecule has 1 aliphatic heterocycles. The number of hydrogen-bond acceptors (Lipinski definition) is 5. The topological polar surface area (TPSA) is 82.6 Å². The number of aromatic nitrogens is 3. The Morgan fingerprint density at radius 1 is 1.17 bits per heavy atom. The van der Waals surface area contributed by atoms with Crippen LogP contribution in [0, 0.1) is 6.92 Å². The van der Waals surface area contributed by atoms with Gasteiger partial charge in [-0.25, -0.2) is 9.67 Å². The van der Waals surface area contributed by atoms with E-state index in [4.69, 9.17) is 9.73 Å². The molecule has 2 aromatic heterocycles. The van der Waals surface area contributed by atoms with E-state index in [-0.39, 0.29) is 24.1 Å². The van der Waals surface area contributed by atoms with Gasteiger partial charge in [-0.3, -0.25) is 14.3 Å². The van der Waals surface area contributed by atoms with Crippen molar-refractivity contribution in [2.24, 2.45) is 12.0 Å². The summed E-state index contributed by atoms with van der Waals surface area (Å²) in [6.45, 7) is 6.20. The molecule has 35 heavy (non-hydrogen) atoms. The van der Waals surface area contributed by atoms with Crippen molar-refractivity contribution in [1.29, 1.82) is 0 Å². The van der Waals surface area contributed by atoms with Gasteiger partial charge in [0, 0.05) is 24.0 Å². The van der Waals surface area contributed by atoms with Crippen LogP contribution in [0.4, 0.5) is 11.4 Å². The Labute approximate surface area is 206 Å². The van der Waals surface area contributed by atoms with E-state index in [2.05, 4.69) is 23.7 Å². The number of amides is 1. The second-order valence-corrected chi connectivity index (χ2v) is 9.44. The first-order valence-corrected chi connectivity index (χ1v) is 12.4. The Kier molecular flexibility index (Phi) is 5.94. The molecule has 1 atom stereocenters. The molecule has 9 heteroatoms. The summed E-state index contributed by atoms with van der Waals surface area (Å²) in [6, 6.07) is 15.5. The molecule has 1 amide bonds. The number of anilines is 1. The monoisotopic (exact) mass is 489 g/mol. The average molecular weight is 490 g/mol. The number of ether oxygens (including phenoxy) is 1. The summed E-state index contributed by atoms with van der Waals surface area (Å²) in [5, 5.41) is 4.93. The maximum absolute atomic E-state index is 13.4. The number of nitrogens with zero attached hydrogens (tertiary/aromatic N) is 4. The average Bonchev–Trinajstić information content (AvgIpc) is 3.38. The molecule has 0 fully saturated rings. The SMILES string of the molecule is CC[C@@H](C)n1c(-c2ccc3c(c2)NC(=O)CO3)csc1=Nc1c(C)n(C)n(-c2ccccc2)c1=O. The number of fused-ring (bicyclic) bond motifs is 1. The molecule has 0 spiro atoms. The molecule has 4 aromatic rings. The summed E-state index contributed by atoms with van der Waals surface area (Å²) in [5.41, 5.74) is 4.43. The maximum Gasteiger partial charge on any atom is 0.297 e. The van der Waals surface area contributed by atoms with E-state index in [9.17, 15) is 9.59 Å². The summed E-state index contributed by atoms with van der Waals surface area (Å²) in [4.78, 5) is 30.9. The smallest absolute Gasteiger partial charge is 0.297 e. The van der Waals surface area contributed by atoms with Crippen LogP contribution in [0.2, 0.25) is 0 Å². The van der Waals surface area contributed by atoms with Crippen molar-refractivity contribution in [2.45, 2.75) is 33.2 Å². The van der Waals surface area contributed by atoms with Crippen LogP contribution in [0.25, 0.3) is 16.9 Å². The fraction of sp³-hybridized carbons (Fsp3) is 0.269. The Bertz CT molecular complexity index is 1540. The molecule has 5 rings (SSSR count). The van der Waals surface area contributed by atoms with Crippen LogP contribution in [0.15, 0.2) is 63.7 Å². The van der Waals surface area contributed by atoms with E-state index in [0.29, 0.717) is 17.1 Å². The molecular weight excluding hydrogens is 462 g/mol. The van der Waals surface area contributed by atoms with Crippen LogP contribution in [-0.2, 0) is 11.8 Å². The highest BCUT2D eigenvalue weighted by atomic mass is 32.1. The normalized spacial score (nSPS) is 14.4. The van der Waals surface area contributed by atoms with Gasteiger partial charge < -0.3 is 14.6 Å². The van der Waals surface area contributed by atoms with E-state index in [1.165, 1.54) is 11.3 Å². The first kappa shape index (κ1) is 22.9. The lowest BCUT2D eigenvalue weighted by atomic mass is 10.1. The minimum atomic E-state index is -0.167. The molecule has 8 nitrogen and oxygen atoms in total. The highest BCUT2D eigenvalue weighted by Gasteiger charge is 2.20. The van der Waals surface area contributed by atoms with Crippen LogP contribution in [0.5, 0.6) is 5.75 Å². The molecular formula is C26H27N5O3S. The number of hydrogen-bond donors (Lipinski definition) is 1. The Morgan fingerprint density at radius 3 is 2.69 bits per heavy atom. The van der Waals surface area contributed by atoms with Crippen molar-refractivity contribution in [3.8, 4) is 22.7 Å².